The summed E-state index contributed by atoms with van der Waals surface area (Å²) >= 11 is 0. The minimum atomic E-state index is -1.02. The maximum absolute atomic E-state index is 15.2. The molecule has 5 rings (SSSR count). The second-order valence-corrected chi connectivity index (χ2v) is 7.96. The number of anilines is 1. The smallest absolute Gasteiger partial charge is 0.254 e. The van der Waals surface area contributed by atoms with E-state index in [4.69, 9.17) is 0 Å². The average Bonchev–Trinajstić information content (AvgIpc) is 3.60. The average molecular weight is 406 g/mol. The molecule has 2 saturated carbocycles. The number of hydrogen-bond donors (Lipinski definition) is 1. The van der Waals surface area contributed by atoms with Crippen LogP contribution in [0.5, 0.6) is 0 Å². The maximum atomic E-state index is 15.2. The third-order valence-corrected chi connectivity index (χ3v) is 5.88. The van der Waals surface area contributed by atoms with Gasteiger partial charge in [0.2, 0.25) is 11.9 Å². The lowest BCUT2D eigenvalue weighted by Crippen LogP contribution is -2.47. The highest BCUT2D eigenvalue weighted by molar-refractivity contribution is 6.01. The van der Waals surface area contributed by atoms with Crippen LogP contribution in [0.4, 0.5) is 19.1 Å². The first kappa shape index (κ1) is 18.1. The van der Waals surface area contributed by atoms with E-state index in [1.807, 2.05) is 0 Å². The fourth-order valence-electron chi connectivity index (χ4n) is 4.15. The molecular weight excluding hydrogens is 385 g/mol. The van der Waals surface area contributed by atoms with Crippen LogP contribution in [0.25, 0.3) is 0 Å². The van der Waals surface area contributed by atoms with Gasteiger partial charge in [-0.25, -0.2) is 23.1 Å². The van der Waals surface area contributed by atoms with Crippen LogP contribution in [-0.4, -0.2) is 45.9 Å². The van der Waals surface area contributed by atoms with Crippen molar-refractivity contribution in [3.8, 4) is 0 Å². The summed E-state index contributed by atoms with van der Waals surface area (Å²) in [6.07, 6.45) is 2.55. The summed E-state index contributed by atoms with van der Waals surface area (Å²) in [4.78, 5) is 33.9. The molecule has 3 aliphatic rings. The summed E-state index contributed by atoms with van der Waals surface area (Å²) in [6.45, 7) is -0.0278. The Balaban J connectivity index is 0.00000136. The van der Waals surface area contributed by atoms with Crippen LogP contribution in [-0.2, 0) is 10.2 Å². The first-order valence-electron chi connectivity index (χ1n) is 9.41. The summed E-state index contributed by atoms with van der Waals surface area (Å²) in [5, 5.41) is 2.42. The highest BCUT2D eigenvalue weighted by Crippen LogP contribution is 2.55. The molecule has 2 amide bonds. The number of fused-ring (bicyclic) bond motifs is 2. The van der Waals surface area contributed by atoms with Gasteiger partial charge < -0.3 is 4.90 Å². The lowest BCUT2D eigenvalue weighted by molar-refractivity contribution is -0.117. The highest BCUT2D eigenvalue weighted by Gasteiger charge is 2.54. The molecule has 2 unspecified atom stereocenters. The molecule has 0 bridgehead atoms. The van der Waals surface area contributed by atoms with Crippen molar-refractivity contribution in [1.29, 1.82) is 0 Å². The Morgan fingerprint density at radius 1 is 1.28 bits per heavy atom. The number of carbonyl (C=O) groups excluding carboxylic acids is 2. The quantitative estimate of drug-likeness (QED) is 0.846. The predicted octanol–water partition coefficient (Wildman–Crippen LogP) is 3.20. The molecule has 1 aromatic heterocycles. The predicted molar refractivity (Wildman–Crippen MR) is 100 cm³/mol. The first-order valence-corrected chi connectivity index (χ1v) is 9.41. The Morgan fingerprint density at radius 3 is 2.59 bits per heavy atom. The number of benzene rings is 1. The van der Waals surface area contributed by atoms with E-state index in [0.29, 0.717) is 30.4 Å². The maximum Gasteiger partial charge on any atom is 0.254 e. The van der Waals surface area contributed by atoms with Gasteiger partial charge >= 0.3 is 0 Å². The number of nitrogens with one attached hydrogen (secondary N) is 1. The molecule has 1 spiro atoms. The lowest BCUT2D eigenvalue weighted by Gasteiger charge is -2.35. The topological polar surface area (TPSA) is 75.2 Å². The Hall–Kier alpha value is -2.97. The lowest BCUT2D eigenvalue weighted by atomic mass is 9.84. The normalized spacial score (nSPS) is 23.7. The molecular formula is C20H21F3N4O2. The van der Waals surface area contributed by atoms with E-state index in [1.54, 1.807) is 6.07 Å². The van der Waals surface area contributed by atoms with Gasteiger partial charge in [0.1, 0.15) is 18.5 Å². The van der Waals surface area contributed by atoms with Crippen LogP contribution in [0, 0.1) is 11.6 Å². The van der Waals surface area contributed by atoms with Crippen LogP contribution >= 0.6 is 0 Å². The minimum absolute atomic E-state index is 0. The van der Waals surface area contributed by atoms with Crippen LogP contribution in [0.1, 0.15) is 49.5 Å². The molecule has 2 atom stereocenters. The zero-order valence-corrected chi connectivity index (χ0v) is 15.3. The summed E-state index contributed by atoms with van der Waals surface area (Å²) in [5.74, 6) is -2.56. The molecule has 6 nitrogen and oxygen atoms in total. The van der Waals surface area contributed by atoms with E-state index in [-0.39, 0.29) is 27.5 Å². The van der Waals surface area contributed by atoms with Gasteiger partial charge in [0.15, 0.2) is 5.82 Å². The highest BCUT2D eigenvalue weighted by atomic mass is 19.1. The van der Waals surface area contributed by atoms with Gasteiger partial charge in [0.25, 0.3) is 5.91 Å². The first-order chi connectivity index (χ1) is 13.9. The second kappa shape index (κ2) is 6.27. The van der Waals surface area contributed by atoms with Gasteiger partial charge in [0, 0.05) is 31.9 Å². The van der Waals surface area contributed by atoms with Crippen molar-refractivity contribution in [2.75, 3.05) is 18.4 Å². The number of hydrogen-bond acceptors (Lipinski definition) is 4. The van der Waals surface area contributed by atoms with E-state index < -0.39 is 41.0 Å². The van der Waals surface area contributed by atoms with E-state index >= 15 is 4.39 Å². The molecule has 2 aromatic rings. The molecule has 1 N–H and O–H groups in total. The Morgan fingerprint density at radius 2 is 1.97 bits per heavy atom. The SMILES string of the molecule is O=C(CN1CC2(CC2)c2c(ccc(C3CC3F)c2F)C1=O)Nc1ncc(F)cn1.[HH].[HH]. The van der Waals surface area contributed by atoms with Gasteiger partial charge in [-0.05, 0) is 30.9 Å². The Bertz CT molecular complexity index is 1030. The van der Waals surface area contributed by atoms with E-state index in [0.717, 1.165) is 12.4 Å². The molecule has 29 heavy (non-hydrogen) atoms. The zero-order valence-electron chi connectivity index (χ0n) is 15.3. The van der Waals surface area contributed by atoms with Gasteiger partial charge in [-0.2, -0.15) is 0 Å². The van der Waals surface area contributed by atoms with Gasteiger partial charge in [-0.1, -0.05) is 6.07 Å². The summed E-state index contributed by atoms with van der Waals surface area (Å²) in [6, 6.07) is 3.04. The van der Waals surface area contributed by atoms with Crippen molar-refractivity contribution in [2.24, 2.45) is 0 Å². The van der Waals surface area contributed by atoms with Crippen LogP contribution in [0.15, 0.2) is 24.5 Å². The molecule has 0 radical (unpaired) electrons. The molecule has 9 heteroatoms. The summed E-state index contributed by atoms with van der Waals surface area (Å²) in [5.41, 5.74) is 0.431. The van der Waals surface area contributed by atoms with Crippen LogP contribution in [0.3, 0.4) is 0 Å². The summed E-state index contributed by atoms with van der Waals surface area (Å²) < 4.78 is 41.5. The third kappa shape index (κ3) is 3.04. The number of amides is 2. The zero-order chi connectivity index (χ0) is 20.3. The van der Waals surface area contributed by atoms with E-state index in [2.05, 4.69) is 15.3 Å². The van der Waals surface area contributed by atoms with E-state index in [9.17, 15) is 18.4 Å². The second-order valence-electron chi connectivity index (χ2n) is 7.96. The van der Waals surface area contributed by atoms with Gasteiger partial charge in [0.05, 0.1) is 12.4 Å². The van der Waals surface area contributed by atoms with Crippen molar-refractivity contribution in [3.63, 3.8) is 0 Å². The van der Waals surface area contributed by atoms with Crippen molar-refractivity contribution in [1.82, 2.24) is 14.9 Å². The van der Waals surface area contributed by atoms with Crippen molar-refractivity contribution in [3.05, 3.63) is 52.9 Å². The number of alkyl halides is 1. The minimum Gasteiger partial charge on any atom is -0.328 e. The molecule has 1 aliphatic heterocycles. The standard InChI is InChI=1S/C20H17F3N4O2.2H2/c21-10-6-24-19(25-7-10)26-15(28)8-27-9-20(3-4-20)16-12(18(27)29)2-1-11(17(16)23)13-5-14(13)22;;/h1-2,6-7,13-14H,3-5,8-9H2,(H,24,25,26,28);2*1H. The molecule has 1 aromatic carbocycles. The summed E-state index contributed by atoms with van der Waals surface area (Å²) in [7, 11) is 0. The molecule has 2 aliphatic carbocycles. The molecule has 0 saturated heterocycles. The van der Waals surface area contributed by atoms with Crippen molar-refractivity contribution >= 4 is 17.8 Å². The molecule has 2 fully saturated rings. The fourth-order valence-corrected chi connectivity index (χ4v) is 4.15. The van der Waals surface area contributed by atoms with Gasteiger partial charge in [-0.3, -0.25) is 14.9 Å². The van der Waals surface area contributed by atoms with Crippen molar-refractivity contribution < 1.29 is 25.6 Å². The van der Waals surface area contributed by atoms with Crippen LogP contribution in [0.2, 0.25) is 0 Å². The Labute approximate surface area is 167 Å². The molecule has 2 heterocycles. The number of nitrogens with zero attached hydrogens (tertiary/aromatic N) is 3. The number of aromatic nitrogens is 2. The number of halogens is 3. The molecule has 154 valence electrons. The fraction of sp³-hybridized carbons (Fsp3) is 0.400. The largest absolute Gasteiger partial charge is 0.328 e. The monoisotopic (exact) mass is 406 g/mol. The Kier molecular flexibility index (Phi) is 3.91. The van der Waals surface area contributed by atoms with E-state index in [1.165, 1.54) is 11.0 Å². The number of carbonyl (C=O) groups is 2. The third-order valence-electron chi connectivity index (χ3n) is 5.88. The van der Waals surface area contributed by atoms with Crippen molar-refractivity contribution in [2.45, 2.75) is 36.8 Å². The number of rotatable bonds is 4. The van der Waals surface area contributed by atoms with Crippen LogP contribution < -0.4 is 5.32 Å². The van der Waals surface area contributed by atoms with Gasteiger partial charge in [-0.15, -0.1) is 0 Å².